The maximum absolute atomic E-state index is 12.3. The zero-order valence-corrected chi connectivity index (χ0v) is 19.3. The molecule has 0 radical (unpaired) electrons. The van der Waals surface area contributed by atoms with Crippen LogP contribution >= 0.6 is 27.7 Å². The van der Waals surface area contributed by atoms with Gasteiger partial charge in [0.1, 0.15) is 12.4 Å². The summed E-state index contributed by atoms with van der Waals surface area (Å²) in [7, 11) is 0. The normalized spacial score (nSPS) is 10.9. The van der Waals surface area contributed by atoms with Crippen molar-refractivity contribution in [1.82, 2.24) is 14.8 Å². The fourth-order valence-electron chi connectivity index (χ4n) is 3.21. The standard InChI is InChI=1S/C23H21BrN4O2S/c1-2-28-21(14-30-20-12-5-8-16-7-3-4-11-19(16)20)26-27-23(28)31-15-22(29)25-18-10-6-9-17(24)13-18/h3-13H,2,14-15H2,1H3,(H,25,29). The highest BCUT2D eigenvalue weighted by atomic mass is 79.9. The summed E-state index contributed by atoms with van der Waals surface area (Å²) >= 11 is 4.76. The van der Waals surface area contributed by atoms with Gasteiger partial charge in [-0.05, 0) is 36.6 Å². The van der Waals surface area contributed by atoms with Gasteiger partial charge in [0.25, 0.3) is 0 Å². The highest BCUT2D eigenvalue weighted by molar-refractivity contribution is 9.10. The first-order valence-corrected chi connectivity index (χ1v) is 11.6. The highest BCUT2D eigenvalue weighted by Gasteiger charge is 2.14. The molecule has 0 aliphatic rings. The molecule has 0 aliphatic carbocycles. The molecule has 3 aromatic carbocycles. The minimum Gasteiger partial charge on any atom is -0.485 e. The predicted molar refractivity (Wildman–Crippen MR) is 127 cm³/mol. The Morgan fingerprint density at radius 1 is 1.10 bits per heavy atom. The third kappa shape index (κ3) is 5.26. The molecule has 4 rings (SSSR count). The lowest BCUT2D eigenvalue weighted by Gasteiger charge is -2.11. The summed E-state index contributed by atoms with van der Waals surface area (Å²) in [6, 6.07) is 21.6. The lowest BCUT2D eigenvalue weighted by atomic mass is 10.1. The first-order valence-electron chi connectivity index (χ1n) is 9.85. The van der Waals surface area contributed by atoms with Crippen molar-refractivity contribution < 1.29 is 9.53 Å². The first kappa shape index (κ1) is 21.4. The van der Waals surface area contributed by atoms with Gasteiger partial charge in [-0.15, -0.1) is 10.2 Å². The molecule has 0 unspecified atom stereocenters. The van der Waals surface area contributed by atoms with E-state index in [1.807, 2.05) is 66.1 Å². The largest absolute Gasteiger partial charge is 0.485 e. The van der Waals surface area contributed by atoms with Crippen LogP contribution in [0.3, 0.4) is 0 Å². The number of nitrogens with one attached hydrogen (secondary N) is 1. The van der Waals surface area contributed by atoms with E-state index >= 15 is 0 Å². The van der Waals surface area contributed by atoms with Crippen molar-refractivity contribution in [3.8, 4) is 5.75 Å². The number of carbonyl (C=O) groups is 1. The molecule has 0 bridgehead atoms. The van der Waals surface area contributed by atoms with Gasteiger partial charge in [-0.1, -0.05) is 70.2 Å². The molecule has 1 amide bonds. The first-order chi connectivity index (χ1) is 15.1. The molecule has 0 saturated carbocycles. The minimum atomic E-state index is -0.0951. The van der Waals surface area contributed by atoms with Crippen LogP contribution in [0.2, 0.25) is 0 Å². The number of nitrogens with zero attached hydrogens (tertiary/aromatic N) is 3. The van der Waals surface area contributed by atoms with Gasteiger partial charge in [0.2, 0.25) is 5.91 Å². The van der Waals surface area contributed by atoms with Crippen LogP contribution < -0.4 is 10.1 Å². The van der Waals surface area contributed by atoms with Crippen LogP contribution in [0.4, 0.5) is 5.69 Å². The molecule has 1 aromatic heterocycles. The van der Waals surface area contributed by atoms with Gasteiger partial charge in [-0.3, -0.25) is 4.79 Å². The monoisotopic (exact) mass is 496 g/mol. The van der Waals surface area contributed by atoms with Crippen LogP contribution in [-0.2, 0) is 17.9 Å². The van der Waals surface area contributed by atoms with E-state index in [9.17, 15) is 4.79 Å². The van der Waals surface area contributed by atoms with E-state index in [4.69, 9.17) is 4.74 Å². The number of amides is 1. The summed E-state index contributed by atoms with van der Waals surface area (Å²) in [5.74, 6) is 1.69. The Kier molecular flexibility index (Phi) is 6.89. The molecule has 1 N–H and O–H groups in total. The molecule has 4 aromatic rings. The number of hydrogen-bond acceptors (Lipinski definition) is 5. The second-order valence-corrected chi connectivity index (χ2v) is 8.61. The van der Waals surface area contributed by atoms with Gasteiger partial charge in [-0.25, -0.2) is 0 Å². The summed E-state index contributed by atoms with van der Waals surface area (Å²) in [6.07, 6.45) is 0. The van der Waals surface area contributed by atoms with Crippen molar-refractivity contribution in [3.05, 3.63) is 77.0 Å². The molecule has 0 aliphatic heterocycles. The summed E-state index contributed by atoms with van der Waals surface area (Å²) < 4.78 is 8.95. The topological polar surface area (TPSA) is 69.0 Å². The lowest BCUT2D eigenvalue weighted by Crippen LogP contribution is -2.15. The van der Waals surface area contributed by atoms with Gasteiger partial charge < -0.3 is 14.6 Å². The molecule has 0 saturated heterocycles. The number of hydrogen-bond donors (Lipinski definition) is 1. The van der Waals surface area contributed by atoms with E-state index in [1.165, 1.54) is 11.8 Å². The Morgan fingerprint density at radius 3 is 2.74 bits per heavy atom. The molecular weight excluding hydrogens is 476 g/mol. The van der Waals surface area contributed by atoms with Crippen molar-refractivity contribution in [3.63, 3.8) is 0 Å². The molecule has 0 spiro atoms. The van der Waals surface area contributed by atoms with E-state index in [-0.39, 0.29) is 11.7 Å². The van der Waals surface area contributed by atoms with E-state index in [0.717, 1.165) is 32.5 Å². The number of halogens is 1. The number of anilines is 1. The summed E-state index contributed by atoms with van der Waals surface area (Å²) in [5.41, 5.74) is 0.751. The second-order valence-electron chi connectivity index (χ2n) is 6.76. The molecule has 31 heavy (non-hydrogen) atoms. The van der Waals surface area contributed by atoms with E-state index in [0.29, 0.717) is 18.3 Å². The molecular formula is C23H21BrN4O2S. The fourth-order valence-corrected chi connectivity index (χ4v) is 4.43. The number of carbonyl (C=O) groups excluding carboxylic acids is 1. The van der Waals surface area contributed by atoms with Crippen molar-refractivity contribution in [2.45, 2.75) is 25.2 Å². The fraction of sp³-hybridized carbons (Fsp3) is 0.174. The van der Waals surface area contributed by atoms with Crippen LogP contribution in [0.25, 0.3) is 10.8 Å². The predicted octanol–water partition coefficient (Wildman–Crippen LogP) is 5.52. The third-order valence-corrected chi connectivity index (χ3v) is 6.12. The number of rotatable bonds is 8. The van der Waals surface area contributed by atoms with Gasteiger partial charge in [0.05, 0.1) is 5.75 Å². The van der Waals surface area contributed by atoms with E-state index in [2.05, 4.69) is 43.6 Å². The quantitative estimate of drug-likeness (QED) is 0.325. The molecule has 8 heteroatoms. The van der Waals surface area contributed by atoms with Gasteiger partial charge >= 0.3 is 0 Å². The molecule has 0 atom stereocenters. The Hall–Kier alpha value is -2.84. The van der Waals surface area contributed by atoms with Crippen molar-refractivity contribution in [2.75, 3.05) is 11.1 Å². The average molecular weight is 497 g/mol. The Bertz CT molecular complexity index is 1210. The van der Waals surface area contributed by atoms with Crippen LogP contribution in [0.15, 0.2) is 76.4 Å². The van der Waals surface area contributed by atoms with Gasteiger partial charge in [0, 0.05) is 22.1 Å². The van der Waals surface area contributed by atoms with Crippen LogP contribution in [0, 0.1) is 0 Å². The number of fused-ring (bicyclic) bond motifs is 1. The van der Waals surface area contributed by atoms with E-state index in [1.54, 1.807) is 0 Å². The highest BCUT2D eigenvalue weighted by Crippen LogP contribution is 2.26. The third-order valence-electron chi connectivity index (χ3n) is 4.66. The van der Waals surface area contributed by atoms with Crippen LogP contribution in [0.5, 0.6) is 5.75 Å². The second kappa shape index (κ2) is 9.98. The van der Waals surface area contributed by atoms with Gasteiger partial charge in [0.15, 0.2) is 11.0 Å². The Balaban J connectivity index is 1.39. The number of ether oxygens (including phenoxy) is 1. The Labute approximate surface area is 193 Å². The Morgan fingerprint density at radius 2 is 1.90 bits per heavy atom. The number of aromatic nitrogens is 3. The van der Waals surface area contributed by atoms with Crippen molar-refractivity contribution >= 4 is 50.1 Å². The molecule has 1 heterocycles. The lowest BCUT2D eigenvalue weighted by molar-refractivity contribution is -0.113. The molecule has 6 nitrogen and oxygen atoms in total. The minimum absolute atomic E-state index is 0.0951. The summed E-state index contributed by atoms with van der Waals surface area (Å²) in [5, 5.41) is 14.3. The van der Waals surface area contributed by atoms with Crippen molar-refractivity contribution in [1.29, 1.82) is 0 Å². The molecule has 0 fully saturated rings. The van der Waals surface area contributed by atoms with Crippen LogP contribution in [0.1, 0.15) is 12.7 Å². The van der Waals surface area contributed by atoms with Crippen LogP contribution in [-0.4, -0.2) is 26.4 Å². The zero-order valence-electron chi connectivity index (χ0n) is 16.9. The maximum Gasteiger partial charge on any atom is 0.234 e. The molecule has 158 valence electrons. The summed E-state index contributed by atoms with van der Waals surface area (Å²) in [4.78, 5) is 12.3. The number of benzene rings is 3. The zero-order chi connectivity index (χ0) is 21.6. The van der Waals surface area contributed by atoms with Crippen molar-refractivity contribution in [2.24, 2.45) is 0 Å². The maximum atomic E-state index is 12.3. The van der Waals surface area contributed by atoms with E-state index < -0.39 is 0 Å². The average Bonchev–Trinajstić information content (AvgIpc) is 3.18. The van der Waals surface area contributed by atoms with Gasteiger partial charge in [-0.2, -0.15) is 0 Å². The smallest absolute Gasteiger partial charge is 0.234 e. The summed E-state index contributed by atoms with van der Waals surface area (Å²) in [6.45, 7) is 3.02. The number of thioether (sulfide) groups is 1. The SMILES string of the molecule is CCn1c(COc2cccc3ccccc23)nnc1SCC(=O)Nc1cccc(Br)c1.